The number of halogens is 2. The Morgan fingerprint density at radius 1 is 1.89 bits per heavy atom. The first-order valence-electron chi connectivity index (χ1n) is 2.77. The van der Waals surface area contributed by atoms with Crippen molar-refractivity contribution in [1.82, 2.24) is 15.0 Å². The lowest BCUT2D eigenvalue weighted by Gasteiger charge is -1.94. The molecule has 1 rings (SSSR count). The molecule has 50 valence electrons. The molecule has 0 aliphatic heterocycles. The molecule has 0 atom stereocenters. The third-order valence-electron chi connectivity index (χ3n) is 0.899. The van der Waals surface area contributed by atoms with Gasteiger partial charge in [0.05, 0.1) is 7.54 Å². The number of nitrogens with zero attached hydrogens (tertiary/aromatic N) is 3. The van der Waals surface area contributed by atoms with Crippen LogP contribution in [0.1, 0.15) is 13.5 Å². The molecule has 0 radical (unpaired) electrons. The van der Waals surface area contributed by atoms with E-state index < -0.39 is 18.3 Å². The van der Waals surface area contributed by atoms with Crippen LogP contribution < -0.4 is 0 Å². The quantitative estimate of drug-likeness (QED) is 0.567. The highest BCUT2D eigenvalue weighted by Crippen LogP contribution is 2.14. The molecular weight excluding hydrogens is 128 g/mol. The summed E-state index contributed by atoms with van der Waals surface area (Å²) < 4.78 is 31.5. The topological polar surface area (TPSA) is 30.7 Å². The summed E-state index contributed by atoms with van der Waals surface area (Å²) >= 11 is 0. The predicted octanol–water partition coefficient (Wildman–Crippen LogP) is 0.753. The number of alkyl halides is 2. The Morgan fingerprint density at radius 3 is 2.78 bits per heavy atom. The molecule has 3 nitrogen and oxygen atoms in total. The first-order valence-corrected chi connectivity index (χ1v) is 2.27. The maximum Gasteiger partial charge on any atom is 0.281 e. The molecule has 0 amide bonds. The molecule has 0 N–H and O–H groups in total. The fraction of sp³-hybridized carbons (Fsp3) is 0.500. The van der Waals surface area contributed by atoms with E-state index in [1.54, 1.807) is 0 Å². The normalized spacial score (nSPS) is 12.2. The summed E-state index contributed by atoms with van der Waals surface area (Å²) in [6, 6.07) is 0. The maximum atomic E-state index is 11.9. The molecule has 0 spiro atoms. The van der Waals surface area contributed by atoms with Crippen LogP contribution in [0, 0.1) is 0 Å². The minimum Gasteiger partial charge on any atom is -0.247 e. The highest BCUT2D eigenvalue weighted by molar-refractivity contribution is 4.93. The number of rotatable bonds is 1. The second kappa shape index (κ2) is 2.08. The van der Waals surface area contributed by atoms with E-state index in [2.05, 4.69) is 10.3 Å². The van der Waals surface area contributed by atoms with Crippen molar-refractivity contribution >= 4 is 0 Å². The molecule has 0 unspecified atom stereocenters. The SMILES string of the molecule is [2H]c1nnn(C)c1C(F)F. The number of hydrogen-bond donors (Lipinski definition) is 0. The average Bonchev–Trinajstić information content (AvgIpc) is 2.11. The van der Waals surface area contributed by atoms with Crippen LogP contribution >= 0.6 is 0 Å². The third kappa shape index (κ3) is 1.04. The first-order chi connectivity index (χ1) is 4.63. The zero-order chi connectivity index (χ0) is 7.72. The van der Waals surface area contributed by atoms with Crippen LogP contribution in [0.4, 0.5) is 8.78 Å². The minimum absolute atomic E-state index is 0.444. The lowest BCUT2D eigenvalue weighted by Crippen LogP contribution is -1.97. The van der Waals surface area contributed by atoms with Crippen LogP contribution in [0.3, 0.4) is 0 Å². The molecule has 0 aromatic carbocycles. The van der Waals surface area contributed by atoms with Crippen molar-refractivity contribution in [3.05, 3.63) is 11.9 Å². The lowest BCUT2D eigenvalue weighted by molar-refractivity contribution is 0.141. The summed E-state index contributed by atoms with van der Waals surface area (Å²) in [5.74, 6) is 0. The molecule has 0 saturated carbocycles. The maximum absolute atomic E-state index is 11.9. The van der Waals surface area contributed by atoms with Crippen LogP contribution in [-0.4, -0.2) is 15.0 Å². The number of aryl methyl sites for hydroxylation is 1. The van der Waals surface area contributed by atoms with E-state index in [4.69, 9.17) is 1.37 Å². The fourth-order valence-electron chi connectivity index (χ4n) is 0.451. The molecule has 1 aromatic heterocycles. The molecule has 1 aromatic rings. The van der Waals surface area contributed by atoms with Crippen molar-refractivity contribution in [2.75, 3.05) is 0 Å². The Balaban J connectivity index is 3.10. The van der Waals surface area contributed by atoms with Gasteiger partial charge in [0.25, 0.3) is 6.43 Å². The summed E-state index contributed by atoms with van der Waals surface area (Å²) in [7, 11) is 1.33. The molecule has 9 heavy (non-hydrogen) atoms. The van der Waals surface area contributed by atoms with Gasteiger partial charge in [-0.25, -0.2) is 13.5 Å². The van der Waals surface area contributed by atoms with Crippen molar-refractivity contribution in [3.63, 3.8) is 0 Å². The van der Waals surface area contributed by atoms with Gasteiger partial charge in [0, 0.05) is 7.05 Å². The number of aromatic nitrogens is 3. The summed E-state index contributed by atoms with van der Waals surface area (Å²) in [5.41, 5.74) is -0.444. The third-order valence-corrected chi connectivity index (χ3v) is 0.899. The molecule has 0 fully saturated rings. The molecule has 0 aliphatic rings. The zero-order valence-corrected chi connectivity index (χ0v) is 4.67. The van der Waals surface area contributed by atoms with Crippen molar-refractivity contribution in [2.24, 2.45) is 7.05 Å². The van der Waals surface area contributed by atoms with Crippen LogP contribution in [-0.2, 0) is 7.05 Å². The fourth-order valence-corrected chi connectivity index (χ4v) is 0.451. The Bertz CT molecular complexity index is 215. The van der Waals surface area contributed by atoms with Gasteiger partial charge in [-0.2, -0.15) is 0 Å². The summed E-state index contributed by atoms with van der Waals surface area (Å²) in [4.78, 5) is 0. The highest BCUT2D eigenvalue weighted by atomic mass is 19.3. The standard InChI is InChI=1S/C4H5F2N3/c1-9-3(4(5)6)2-7-8-9/h2,4H,1H3/i2D. The second-order valence-electron chi connectivity index (χ2n) is 1.51. The molecule has 5 heteroatoms. The molecule has 0 saturated heterocycles. The Kier molecular flexibility index (Phi) is 1.12. The molecule has 0 bridgehead atoms. The number of hydrogen-bond acceptors (Lipinski definition) is 2. The van der Waals surface area contributed by atoms with Crippen LogP contribution in [0.25, 0.3) is 0 Å². The Morgan fingerprint density at radius 2 is 2.56 bits per heavy atom. The van der Waals surface area contributed by atoms with Crippen molar-refractivity contribution in [3.8, 4) is 0 Å². The van der Waals surface area contributed by atoms with Gasteiger partial charge in [0.2, 0.25) is 0 Å². The zero-order valence-electron chi connectivity index (χ0n) is 5.67. The van der Waals surface area contributed by atoms with Crippen molar-refractivity contribution in [1.29, 1.82) is 0 Å². The van der Waals surface area contributed by atoms with Crippen LogP contribution in [0.5, 0.6) is 0 Å². The van der Waals surface area contributed by atoms with E-state index in [9.17, 15) is 8.78 Å². The van der Waals surface area contributed by atoms with E-state index in [0.29, 0.717) is 0 Å². The van der Waals surface area contributed by atoms with Crippen molar-refractivity contribution < 1.29 is 10.2 Å². The van der Waals surface area contributed by atoms with Gasteiger partial charge in [-0.15, -0.1) is 5.10 Å². The minimum atomic E-state index is -2.67. The van der Waals surface area contributed by atoms with E-state index in [1.165, 1.54) is 7.05 Å². The molecule has 1 heterocycles. The van der Waals surface area contributed by atoms with Crippen LogP contribution in [0.2, 0.25) is 0 Å². The Hall–Kier alpha value is -1.00. The molecular formula is C4H5F2N3. The van der Waals surface area contributed by atoms with Gasteiger partial charge in [0.1, 0.15) is 5.69 Å². The summed E-state index contributed by atoms with van der Waals surface area (Å²) in [6.45, 7) is 0. The lowest BCUT2D eigenvalue weighted by atomic mass is 10.5. The Labute approximate surface area is 51.7 Å². The monoisotopic (exact) mass is 134 g/mol. The van der Waals surface area contributed by atoms with Gasteiger partial charge in [-0.1, -0.05) is 5.21 Å². The van der Waals surface area contributed by atoms with Gasteiger partial charge in [-0.3, -0.25) is 0 Å². The predicted molar refractivity (Wildman–Crippen MR) is 26.0 cm³/mol. The van der Waals surface area contributed by atoms with E-state index in [0.717, 1.165) is 4.68 Å². The van der Waals surface area contributed by atoms with E-state index in [1.807, 2.05) is 0 Å². The van der Waals surface area contributed by atoms with Crippen LogP contribution in [0.15, 0.2) is 6.17 Å². The van der Waals surface area contributed by atoms with Gasteiger partial charge >= 0.3 is 0 Å². The largest absolute Gasteiger partial charge is 0.281 e. The summed E-state index contributed by atoms with van der Waals surface area (Å²) in [5, 5.41) is 6.37. The summed E-state index contributed by atoms with van der Waals surface area (Å²) in [6.07, 6.45) is -3.13. The molecule has 0 aliphatic carbocycles. The smallest absolute Gasteiger partial charge is 0.247 e. The average molecular weight is 134 g/mol. The second-order valence-corrected chi connectivity index (χ2v) is 1.51. The van der Waals surface area contributed by atoms with Crippen molar-refractivity contribution in [2.45, 2.75) is 6.43 Å². The van der Waals surface area contributed by atoms with Gasteiger partial charge < -0.3 is 0 Å². The van der Waals surface area contributed by atoms with Gasteiger partial charge in [0.15, 0.2) is 0 Å². The van der Waals surface area contributed by atoms with E-state index >= 15 is 0 Å². The van der Waals surface area contributed by atoms with E-state index in [-0.39, 0.29) is 0 Å². The first kappa shape index (κ1) is 4.84. The van der Waals surface area contributed by atoms with Gasteiger partial charge in [-0.05, 0) is 0 Å². The highest BCUT2D eigenvalue weighted by Gasteiger charge is 2.10.